The van der Waals surface area contributed by atoms with Gasteiger partial charge in [0.1, 0.15) is 0 Å². The van der Waals surface area contributed by atoms with E-state index in [-0.39, 0.29) is 6.61 Å². The zero-order valence-electron chi connectivity index (χ0n) is 7.60. The highest BCUT2D eigenvalue weighted by molar-refractivity contribution is 5.71. The number of carbonyl (C=O) groups is 1. The normalized spacial score (nSPS) is 32.4. The van der Waals surface area contributed by atoms with E-state index in [1.54, 1.807) is 0 Å². The summed E-state index contributed by atoms with van der Waals surface area (Å²) in [7, 11) is 0. The molecule has 1 saturated carbocycles. The number of aliphatic carboxylic acids is 1. The van der Waals surface area contributed by atoms with Crippen molar-refractivity contribution in [3.05, 3.63) is 0 Å². The molecule has 0 atom stereocenters. The molecule has 1 fully saturated rings. The van der Waals surface area contributed by atoms with Gasteiger partial charge in [-0.15, -0.1) is 0 Å². The molecular weight excluding hydrogens is 201 g/mol. The second-order valence-corrected chi connectivity index (χ2v) is 3.37. The van der Waals surface area contributed by atoms with Crippen molar-refractivity contribution in [2.75, 3.05) is 6.61 Å². The van der Waals surface area contributed by atoms with E-state index < -0.39 is 36.5 Å². The van der Waals surface area contributed by atoms with Crippen molar-refractivity contribution < 1.29 is 27.8 Å². The second-order valence-electron chi connectivity index (χ2n) is 3.37. The van der Waals surface area contributed by atoms with Gasteiger partial charge in [-0.25, -0.2) is 0 Å². The zero-order chi connectivity index (χ0) is 11.0. The molecule has 1 N–H and O–H groups in total. The third kappa shape index (κ3) is 1.70. The summed E-state index contributed by atoms with van der Waals surface area (Å²) < 4.78 is 42.0. The number of rotatable bonds is 3. The standard InChI is InChI=1S/C8H11F3O3/c1-2-14-7(8(9,10)11)3-5(4-7)6(12)13/h5H,2-4H2,1H3,(H,12,13). The molecule has 0 aromatic carbocycles. The van der Waals surface area contributed by atoms with Gasteiger partial charge in [-0.3, -0.25) is 4.79 Å². The largest absolute Gasteiger partial charge is 0.481 e. The molecule has 0 saturated heterocycles. The summed E-state index contributed by atoms with van der Waals surface area (Å²) in [6.45, 7) is 1.40. The van der Waals surface area contributed by atoms with E-state index in [1.807, 2.05) is 0 Å². The fraction of sp³-hybridized carbons (Fsp3) is 0.875. The van der Waals surface area contributed by atoms with Gasteiger partial charge in [0.2, 0.25) is 0 Å². The first kappa shape index (κ1) is 11.3. The van der Waals surface area contributed by atoms with E-state index in [0.29, 0.717) is 0 Å². The number of ether oxygens (including phenoxy) is 1. The highest BCUT2D eigenvalue weighted by Gasteiger charge is 2.64. The van der Waals surface area contributed by atoms with Crippen LogP contribution in [0.4, 0.5) is 13.2 Å². The number of carboxylic acids is 1. The van der Waals surface area contributed by atoms with Crippen LogP contribution in [0.1, 0.15) is 19.8 Å². The van der Waals surface area contributed by atoms with Gasteiger partial charge >= 0.3 is 12.1 Å². The average molecular weight is 212 g/mol. The highest BCUT2D eigenvalue weighted by Crippen LogP contribution is 2.51. The molecule has 0 aliphatic heterocycles. The summed E-state index contributed by atoms with van der Waals surface area (Å²) in [4.78, 5) is 10.4. The van der Waals surface area contributed by atoms with Crippen LogP contribution in [0.15, 0.2) is 0 Å². The molecule has 14 heavy (non-hydrogen) atoms. The molecule has 1 rings (SSSR count). The number of alkyl halides is 3. The smallest absolute Gasteiger partial charge is 0.417 e. The van der Waals surface area contributed by atoms with Crippen molar-refractivity contribution in [3.63, 3.8) is 0 Å². The van der Waals surface area contributed by atoms with Crippen LogP contribution in [0, 0.1) is 5.92 Å². The molecule has 1 aliphatic rings. The van der Waals surface area contributed by atoms with Gasteiger partial charge in [-0.2, -0.15) is 13.2 Å². The first-order valence-electron chi connectivity index (χ1n) is 4.26. The summed E-state index contributed by atoms with van der Waals surface area (Å²) in [5.41, 5.74) is -2.22. The minimum absolute atomic E-state index is 0.0636. The van der Waals surface area contributed by atoms with E-state index in [1.165, 1.54) is 6.92 Å². The lowest BCUT2D eigenvalue weighted by molar-refractivity contribution is -0.313. The summed E-state index contributed by atoms with van der Waals surface area (Å²) in [5.74, 6) is -2.12. The fourth-order valence-electron chi connectivity index (χ4n) is 1.62. The van der Waals surface area contributed by atoms with E-state index in [4.69, 9.17) is 5.11 Å². The highest BCUT2D eigenvalue weighted by atomic mass is 19.4. The van der Waals surface area contributed by atoms with Crippen LogP contribution < -0.4 is 0 Å². The van der Waals surface area contributed by atoms with Crippen molar-refractivity contribution in [2.45, 2.75) is 31.5 Å². The molecule has 6 heteroatoms. The Kier molecular flexibility index (Phi) is 2.76. The van der Waals surface area contributed by atoms with Crippen LogP contribution in [0.2, 0.25) is 0 Å². The Morgan fingerprint density at radius 2 is 2.07 bits per heavy atom. The monoisotopic (exact) mass is 212 g/mol. The van der Waals surface area contributed by atoms with Crippen molar-refractivity contribution >= 4 is 5.97 Å². The van der Waals surface area contributed by atoms with E-state index in [9.17, 15) is 18.0 Å². The van der Waals surface area contributed by atoms with Gasteiger partial charge in [-0.05, 0) is 19.8 Å². The molecule has 3 nitrogen and oxygen atoms in total. The van der Waals surface area contributed by atoms with Crippen molar-refractivity contribution in [1.82, 2.24) is 0 Å². The number of halogens is 3. The molecule has 0 radical (unpaired) electrons. The lowest BCUT2D eigenvalue weighted by atomic mass is 9.70. The maximum absolute atomic E-state index is 12.5. The van der Waals surface area contributed by atoms with E-state index in [2.05, 4.69) is 4.74 Å². The Morgan fingerprint density at radius 1 is 1.57 bits per heavy atom. The van der Waals surface area contributed by atoms with Crippen LogP contribution in [0.3, 0.4) is 0 Å². The van der Waals surface area contributed by atoms with Crippen molar-refractivity contribution in [2.24, 2.45) is 5.92 Å². The maximum Gasteiger partial charge on any atom is 0.417 e. The second kappa shape index (κ2) is 3.42. The molecule has 0 unspecified atom stereocenters. The van der Waals surface area contributed by atoms with Gasteiger partial charge in [0.25, 0.3) is 0 Å². The minimum atomic E-state index is -4.48. The minimum Gasteiger partial charge on any atom is -0.481 e. The Labute approximate surface area is 78.9 Å². The van der Waals surface area contributed by atoms with Crippen molar-refractivity contribution in [1.29, 1.82) is 0 Å². The van der Waals surface area contributed by atoms with Crippen LogP contribution in [-0.2, 0) is 9.53 Å². The lowest BCUT2D eigenvalue weighted by Crippen LogP contribution is -2.58. The van der Waals surface area contributed by atoms with Gasteiger partial charge < -0.3 is 9.84 Å². The predicted molar refractivity (Wildman–Crippen MR) is 40.8 cm³/mol. The number of hydrogen-bond donors (Lipinski definition) is 1. The van der Waals surface area contributed by atoms with Crippen molar-refractivity contribution in [3.8, 4) is 0 Å². The Bertz CT molecular complexity index is 230. The summed E-state index contributed by atoms with van der Waals surface area (Å²) in [6, 6.07) is 0. The predicted octanol–water partition coefficient (Wildman–Crippen LogP) is 1.82. The quantitative estimate of drug-likeness (QED) is 0.776. The summed E-state index contributed by atoms with van der Waals surface area (Å²) in [5, 5.41) is 8.48. The first-order chi connectivity index (χ1) is 6.32. The molecule has 82 valence electrons. The summed E-state index contributed by atoms with van der Waals surface area (Å²) >= 11 is 0. The molecule has 0 aromatic heterocycles. The van der Waals surface area contributed by atoms with Crippen LogP contribution in [-0.4, -0.2) is 29.5 Å². The van der Waals surface area contributed by atoms with Gasteiger partial charge in [0, 0.05) is 6.61 Å². The van der Waals surface area contributed by atoms with Crippen LogP contribution >= 0.6 is 0 Å². The molecule has 0 heterocycles. The van der Waals surface area contributed by atoms with Gasteiger partial charge in [0.15, 0.2) is 5.60 Å². The van der Waals surface area contributed by atoms with E-state index in [0.717, 1.165) is 0 Å². The molecular formula is C8H11F3O3. The Morgan fingerprint density at radius 3 is 2.36 bits per heavy atom. The number of hydrogen-bond acceptors (Lipinski definition) is 2. The maximum atomic E-state index is 12.5. The summed E-state index contributed by atoms with van der Waals surface area (Å²) in [6.07, 6.45) is -5.42. The van der Waals surface area contributed by atoms with Crippen LogP contribution in [0.25, 0.3) is 0 Å². The molecule has 0 bridgehead atoms. The Balaban J connectivity index is 2.67. The third-order valence-corrected chi connectivity index (χ3v) is 2.44. The number of carboxylic acid groups (broad SMARTS) is 1. The zero-order valence-corrected chi connectivity index (χ0v) is 7.60. The van der Waals surface area contributed by atoms with E-state index >= 15 is 0 Å². The Hall–Kier alpha value is -0.780. The first-order valence-corrected chi connectivity index (χ1v) is 4.26. The van der Waals surface area contributed by atoms with Gasteiger partial charge in [0.05, 0.1) is 5.92 Å². The third-order valence-electron chi connectivity index (χ3n) is 2.44. The topological polar surface area (TPSA) is 46.5 Å². The SMILES string of the molecule is CCOC1(C(F)(F)F)CC(C(=O)O)C1. The average Bonchev–Trinajstić information content (AvgIpc) is 1.91. The fourth-order valence-corrected chi connectivity index (χ4v) is 1.62. The lowest BCUT2D eigenvalue weighted by Gasteiger charge is -2.46. The molecule has 0 amide bonds. The van der Waals surface area contributed by atoms with Gasteiger partial charge in [-0.1, -0.05) is 0 Å². The molecule has 0 aromatic rings. The molecule has 0 spiro atoms. The van der Waals surface area contributed by atoms with Crippen LogP contribution in [0.5, 0.6) is 0 Å². The molecule has 1 aliphatic carbocycles.